The number of carbonyl (C=O) groups is 3. The molecule has 17 heteroatoms. The Kier molecular flexibility index (Phi) is 6.74. The van der Waals surface area contributed by atoms with Crippen LogP contribution < -0.4 is 15.6 Å². The molecule has 3 aromatic rings. The molecule has 0 aromatic carbocycles. The number of nitrogens with zero attached hydrogens (tertiary/aromatic N) is 7. The van der Waals surface area contributed by atoms with Gasteiger partial charge in [0.05, 0.1) is 0 Å². The molecule has 1 saturated heterocycles. The van der Waals surface area contributed by atoms with E-state index in [-0.39, 0.29) is 28.9 Å². The molecule has 0 unspecified atom stereocenters. The Labute approximate surface area is 221 Å². The molecule has 0 bridgehead atoms. The summed E-state index contributed by atoms with van der Waals surface area (Å²) in [6.07, 6.45) is 5.54. The lowest BCUT2D eigenvalue weighted by Gasteiger charge is -2.49. The van der Waals surface area contributed by atoms with Crippen molar-refractivity contribution in [3.63, 3.8) is 0 Å². The second-order valence-electron chi connectivity index (χ2n) is 7.80. The third-order valence-corrected chi connectivity index (χ3v) is 8.17. The summed E-state index contributed by atoms with van der Waals surface area (Å²) in [5.74, 6) is -2.18. The summed E-state index contributed by atoms with van der Waals surface area (Å²) in [5.41, 5.74) is 6.62. The van der Waals surface area contributed by atoms with E-state index in [1.807, 2.05) is 29.2 Å². The summed E-state index contributed by atoms with van der Waals surface area (Å²) in [6, 6.07) is 2.84. The minimum Gasteiger partial charge on any atom is -0.477 e. The van der Waals surface area contributed by atoms with Gasteiger partial charge in [0.1, 0.15) is 42.0 Å². The number of hydrogen-bond acceptors (Lipinski definition) is 12. The fourth-order valence-corrected chi connectivity index (χ4v) is 6.18. The van der Waals surface area contributed by atoms with E-state index < -0.39 is 29.2 Å². The molecule has 5 rings (SSSR count). The van der Waals surface area contributed by atoms with Crippen LogP contribution in [0.5, 0.6) is 0 Å². The maximum Gasteiger partial charge on any atom is 0.352 e. The number of hydrogen-bond donors (Lipinski definition) is 3. The fourth-order valence-electron chi connectivity index (χ4n) is 4.04. The Morgan fingerprint density at radius 1 is 1.43 bits per heavy atom. The molecule has 4 N–H and O–H groups in total. The monoisotopic (exact) mass is 562 g/mol. The minimum atomic E-state index is -1.21. The number of thioether (sulfide) groups is 2. The predicted molar refractivity (Wildman–Crippen MR) is 135 cm³/mol. The summed E-state index contributed by atoms with van der Waals surface area (Å²) in [6.45, 7) is 0.264. The number of amides is 2. The second kappa shape index (κ2) is 9.98. The van der Waals surface area contributed by atoms with Gasteiger partial charge in [0.15, 0.2) is 11.3 Å². The molecule has 1 fully saturated rings. The van der Waals surface area contributed by atoms with E-state index in [0.717, 1.165) is 22.2 Å². The second-order valence-corrected chi connectivity index (χ2v) is 10.5. The van der Waals surface area contributed by atoms with Gasteiger partial charge >= 0.3 is 11.6 Å². The maximum absolute atomic E-state index is 13.1. The van der Waals surface area contributed by atoms with Gasteiger partial charge in [-0.3, -0.25) is 14.5 Å². The van der Waals surface area contributed by atoms with Crippen molar-refractivity contribution < 1.29 is 28.9 Å². The quantitative estimate of drug-likeness (QED) is 0.106. The molecule has 2 atom stereocenters. The summed E-state index contributed by atoms with van der Waals surface area (Å²) >= 11 is 3.76. The van der Waals surface area contributed by atoms with Crippen molar-refractivity contribution in [1.29, 1.82) is 0 Å². The van der Waals surface area contributed by atoms with E-state index in [1.165, 1.54) is 35.5 Å². The molecule has 2 amide bonds. The topological polar surface area (TPSA) is 181 Å². The molecule has 0 saturated carbocycles. The highest BCUT2D eigenvalue weighted by molar-refractivity contribution is 8.00. The van der Waals surface area contributed by atoms with E-state index in [2.05, 4.69) is 24.9 Å². The summed E-state index contributed by atoms with van der Waals surface area (Å²) in [5, 5.41) is 21.1. The van der Waals surface area contributed by atoms with Crippen molar-refractivity contribution in [2.45, 2.75) is 23.0 Å². The van der Waals surface area contributed by atoms with Crippen LogP contribution in [-0.4, -0.2) is 83.0 Å². The summed E-state index contributed by atoms with van der Waals surface area (Å²) < 4.78 is 7.55. The zero-order valence-electron chi connectivity index (χ0n) is 19.4. The van der Waals surface area contributed by atoms with Crippen LogP contribution >= 0.6 is 35.1 Å². The number of carboxylic acid groups (broad SMARTS) is 1. The van der Waals surface area contributed by atoms with Crippen molar-refractivity contribution in [2.75, 3.05) is 24.9 Å². The van der Waals surface area contributed by atoms with Crippen LogP contribution in [0.2, 0.25) is 0 Å². The van der Waals surface area contributed by atoms with E-state index in [9.17, 15) is 19.5 Å². The molecule has 14 nitrogen and oxygen atoms in total. The molecule has 3 aromatic heterocycles. The molecule has 5 heterocycles. The van der Waals surface area contributed by atoms with Crippen molar-refractivity contribution in [3.05, 3.63) is 41.6 Å². The number of imidazole rings is 1. The van der Waals surface area contributed by atoms with E-state index in [0.29, 0.717) is 11.3 Å². The average Bonchev–Trinajstić information content (AvgIpc) is 3.50. The summed E-state index contributed by atoms with van der Waals surface area (Å²) in [7, 11) is 1.26. The Morgan fingerprint density at radius 2 is 2.24 bits per heavy atom. The van der Waals surface area contributed by atoms with Gasteiger partial charge in [-0.25, -0.2) is 9.36 Å². The lowest BCUT2D eigenvalue weighted by molar-refractivity contribution is -0.662. The number of nitrogens with two attached hydrogens (primary N) is 1. The zero-order valence-corrected chi connectivity index (χ0v) is 21.8. The molecule has 0 radical (unpaired) electrons. The van der Waals surface area contributed by atoms with Gasteiger partial charge in [0, 0.05) is 28.9 Å². The van der Waals surface area contributed by atoms with Gasteiger partial charge in [-0.2, -0.15) is 9.36 Å². The van der Waals surface area contributed by atoms with Crippen LogP contribution in [0.4, 0.5) is 5.13 Å². The largest absolute Gasteiger partial charge is 0.477 e. The average molecular weight is 563 g/mol. The lowest BCUT2D eigenvalue weighted by Crippen LogP contribution is -2.71. The molecule has 0 spiro atoms. The predicted octanol–water partition coefficient (Wildman–Crippen LogP) is -0.433. The van der Waals surface area contributed by atoms with Crippen molar-refractivity contribution in [2.24, 2.45) is 5.16 Å². The highest BCUT2D eigenvalue weighted by Crippen LogP contribution is 2.40. The van der Waals surface area contributed by atoms with E-state index in [1.54, 1.807) is 10.7 Å². The Morgan fingerprint density at radius 3 is 2.92 bits per heavy atom. The van der Waals surface area contributed by atoms with E-state index >= 15 is 0 Å². The molecule has 0 aliphatic carbocycles. The number of aliphatic carboxylic acids is 1. The van der Waals surface area contributed by atoms with Gasteiger partial charge < -0.3 is 21.0 Å². The Hall–Kier alpha value is -3.70. The number of anilines is 1. The van der Waals surface area contributed by atoms with Gasteiger partial charge in [-0.05, 0) is 12.3 Å². The van der Waals surface area contributed by atoms with Crippen LogP contribution in [0.1, 0.15) is 5.82 Å². The normalized spacial score (nSPS) is 19.6. The molecule has 37 heavy (non-hydrogen) atoms. The number of rotatable bonds is 8. The first-order valence-corrected chi connectivity index (χ1v) is 13.7. The van der Waals surface area contributed by atoms with Gasteiger partial charge in [-0.1, -0.05) is 10.3 Å². The van der Waals surface area contributed by atoms with Gasteiger partial charge in [0.2, 0.25) is 11.5 Å². The van der Waals surface area contributed by atoms with Crippen molar-refractivity contribution in [3.8, 4) is 0 Å². The number of aromatic nitrogens is 5. The first-order valence-electron chi connectivity index (χ1n) is 10.7. The molecule has 192 valence electrons. The van der Waals surface area contributed by atoms with Crippen LogP contribution in [0.25, 0.3) is 5.65 Å². The lowest BCUT2D eigenvalue weighted by atomic mass is 10.0. The van der Waals surface area contributed by atoms with Crippen LogP contribution in [0.3, 0.4) is 0 Å². The van der Waals surface area contributed by atoms with Crippen molar-refractivity contribution in [1.82, 2.24) is 29.2 Å². The number of fused-ring (bicyclic) bond motifs is 2. The zero-order chi connectivity index (χ0) is 26.3. The van der Waals surface area contributed by atoms with Crippen LogP contribution in [0, 0.1) is 0 Å². The van der Waals surface area contributed by atoms with Gasteiger partial charge in [-0.15, -0.1) is 28.0 Å². The SMILES string of the molecule is CO/N=C(\C(=O)N[C@@H]1C(=O)N2C(C(=O)O)=C(C[n+]3ccn4nc(SC)ccc43)CS[C@H]12)c1nsc(N)n1. The number of nitrogen functional groups attached to an aromatic ring is 1. The smallest absolute Gasteiger partial charge is 0.352 e. The first kappa shape index (κ1) is 25.0. The minimum absolute atomic E-state index is 0.0360. The number of carboxylic acids is 1. The number of carbonyl (C=O) groups excluding carboxylic acids is 2. The standard InChI is InChI=1S/C20H19N9O5S3/c1-34-25-12(15-23-20(21)37-26-15)16(30)22-13-17(31)29-14(19(32)33)9(8-36-18(13)29)7-27-5-6-28-11(27)4-3-10(24-28)35-2/h3-6,13,18H,7-8H2,1-2H3,(H3-,21,22,23,26,30,32,33)/p+1/b25-12-/t13-,18-/m1/s1. The van der Waals surface area contributed by atoms with Crippen LogP contribution in [-0.2, 0) is 25.8 Å². The third-order valence-electron chi connectivity index (χ3n) is 5.66. The highest BCUT2D eigenvalue weighted by atomic mass is 32.2. The van der Waals surface area contributed by atoms with E-state index in [4.69, 9.17) is 10.6 Å². The van der Waals surface area contributed by atoms with Gasteiger partial charge in [0.25, 0.3) is 11.8 Å². The van der Waals surface area contributed by atoms with Crippen LogP contribution in [0.15, 0.2) is 46.0 Å². The van der Waals surface area contributed by atoms with Crippen molar-refractivity contribution >= 4 is 69.3 Å². The fraction of sp³-hybridized carbons (Fsp3) is 0.300. The number of oxime groups is 1. The molecule has 2 aliphatic heterocycles. The number of β-lactam (4-membered cyclic amide) rings is 1. The highest BCUT2D eigenvalue weighted by Gasteiger charge is 2.54. The number of nitrogens with one attached hydrogen (secondary N) is 1. The molecular formula is C20H20N9O5S3+. The Balaban J connectivity index is 1.37. The summed E-state index contributed by atoms with van der Waals surface area (Å²) in [4.78, 5) is 48.0. The molecular weight excluding hydrogens is 542 g/mol. The first-order chi connectivity index (χ1) is 17.8. The molecule has 2 aliphatic rings. The maximum atomic E-state index is 13.1. The Bertz CT molecular complexity index is 1480. The third kappa shape index (κ3) is 4.49.